The highest BCUT2D eigenvalue weighted by molar-refractivity contribution is 8.13. The maximum absolute atomic E-state index is 5.81. The summed E-state index contributed by atoms with van der Waals surface area (Å²) in [6, 6.07) is 7.62. The predicted molar refractivity (Wildman–Crippen MR) is 68.2 cm³/mol. The van der Waals surface area contributed by atoms with Gasteiger partial charge in [0.05, 0.1) is 6.34 Å². The van der Waals surface area contributed by atoms with Gasteiger partial charge >= 0.3 is 0 Å². The van der Waals surface area contributed by atoms with Crippen molar-refractivity contribution in [2.24, 2.45) is 9.98 Å². The minimum atomic E-state index is 0.612. The molecule has 1 aliphatic rings. The molecular formula is C10H10ClN3S. The second-order valence-corrected chi connectivity index (χ2v) is 4.19. The van der Waals surface area contributed by atoms with E-state index in [2.05, 4.69) is 9.98 Å². The van der Waals surface area contributed by atoms with Gasteiger partial charge in [-0.05, 0) is 30.5 Å². The molecule has 0 fully saturated rings. The van der Waals surface area contributed by atoms with E-state index >= 15 is 0 Å². The smallest absolute Gasteiger partial charge is 0.185 e. The third kappa shape index (κ3) is 2.52. The van der Waals surface area contributed by atoms with Crippen molar-refractivity contribution in [2.45, 2.75) is 0 Å². The summed E-state index contributed by atoms with van der Waals surface area (Å²) in [7, 11) is 0. The lowest BCUT2D eigenvalue weighted by molar-refractivity contribution is 1.01. The fourth-order valence-electron chi connectivity index (χ4n) is 1.23. The van der Waals surface area contributed by atoms with E-state index in [1.807, 2.05) is 35.4 Å². The molecule has 0 atom stereocenters. The van der Waals surface area contributed by atoms with Crippen molar-refractivity contribution in [3.05, 3.63) is 29.3 Å². The summed E-state index contributed by atoms with van der Waals surface area (Å²) >= 11 is 7.36. The van der Waals surface area contributed by atoms with Crippen LogP contribution in [0.3, 0.4) is 0 Å². The lowest BCUT2D eigenvalue weighted by Crippen LogP contribution is -2.25. The molecule has 15 heavy (non-hydrogen) atoms. The van der Waals surface area contributed by atoms with E-state index in [0.29, 0.717) is 6.67 Å². The van der Waals surface area contributed by atoms with E-state index < -0.39 is 0 Å². The zero-order chi connectivity index (χ0) is 10.7. The van der Waals surface area contributed by atoms with Crippen molar-refractivity contribution < 1.29 is 0 Å². The molecule has 0 N–H and O–H groups in total. The normalized spacial score (nSPS) is 15.3. The first-order chi connectivity index (χ1) is 7.29. The van der Waals surface area contributed by atoms with Gasteiger partial charge in [-0.3, -0.25) is 0 Å². The first-order valence-electron chi connectivity index (χ1n) is 4.44. The molecule has 1 aliphatic heterocycles. The van der Waals surface area contributed by atoms with E-state index in [9.17, 15) is 0 Å². The second-order valence-electron chi connectivity index (χ2n) is 2.98. The first kappa shape index (κ1) is 10.5. The summed E-state index contributed by atoms with van der Waals surface area (Å²) in [6.07, 6.45) is 3.76. The summed E-state index contributed by atoms with van der Waals surface area (Å²) in [5.74, 6) is 0. The van der Waals surface area contributed by atoms with Gasteiger partial charge in [-0.25, -0.2) is 9.98 Å². The van der Waals surface area contributed by atoms with Gasteiger partial charge in [-0.15, -0.1) is 0 Å². The van der Waals surface area contributed by atoms with E-state index in [1.54, 1.807) is 18.1 Å². The monoisotopic (exact) mass is 239 g/mol. The van der Waals surface area contributed by atoms with Crippen molar-refractivity contribution >= 4 is 40.6 Å². The summed E-state index contributed by atoms with van der Waals surface area (Å²) < 4.78 is 0. The number of amidine groups is 1. The van der Waals surface area contributed by atoms with Gasteiger partial charge in [0, 0.05) is 10.7 Å². The van der Waals surface area contributed by atoms with E-state index in [1.165, 1.54) is 0 Å². The number of anilines is 1. The summed E-state index contributed by atoms with van der Waals surface area (Å²) in [5.41, 5.74) is 1.05. The van der Waals surface area contributed by atoms with E-state index in [-0.39, 0.29) is 0 Å². The van der Waals surface area contributed by atoms with Crippen LogP contribution in [0.1, 0.15) is 0 Å². The molecular weight excluding hydrogens is 230 g/mol. The molecule has 0 saturated carbocycles. The van der Waals surface area contributed by atoms with Crippen LogP contribution < -0.4 is 4.90 Å². The molecule has 0 amide bonds. The molecule has 0 unspecified atom stereocenters. The first-order valence-corrected chi connectivity index (χ1v) is 6.05. The number of hydrogen-bond acceptors (Lipinski definition) is 4. The molecule has 0 radical (unpaired) electrons. The topological polar surface area (TPSA) is 28.0 Å². The van der Waals surface area contributed by atoms with Crippen molar-refractivity contribution in [2.75, 3.05) is 17.8 Å². The van der Waals surface area contributed by atoms with Crippen molar-refractivity contribution in [1.29, 1.82) is 0 Å². The predicted octanol–water partition coefficient (Wildman–Crippen LogP) is 2.86. The summed E-state index contributed by atoms with van der Waals surface area (Å²) in [6.45, 7) is 0.612. The maximum atomic E-state index is 5.81. The van der Waals surface area contributed by atoms with Crippen LogP contribution in [0, 0.1) is 0 Å². The number of rotatable bonds is 1. The maximum Gasteiger partial charge on any atom is 0.185 e. The van der Waals surface area contributed by atoms with Crippen molar-refractivity contribution in [3.8, 4) is 0 Å². The Bertz CT molecular complexity index is 400. The fourth-order valence-corrected chi connectivity index (χ4v) is 1.70. The van der Waals surface area contributed by atoms with Gasteiger partial charge in [-0.1, -0.05) is 23.4 Å². The zero-order valence-electron chi connectivity index (χ0n) is 8.22. The van der Waals surface area contributed by atoms with Gasteiger partial charge in [-0.2, -0.15) is 0 Å². The standard InChI is InChI=1S/C10H10ClN3S/c1-15-10-12-6-14(7-13-10)9-4-2-8(11)3-5-9/h2-6H,7H2,1H3. The van der Waals surface area contributed by atoms with Gasteiger partial charge in [0.1, 0.15) is 6.67 Å². The molecule has 0 saturated heterocycles. The Morgan fingerprint density at radius 1 is 1.33 bits per heavy atom. The number of benzene rings is 1. The van der Waals surface area contributed by atoms with Gasteiger partial charge in [0.15, 0.2) is 5.17 Å². The minimum Gasteiger partial charge on any atom is -0.312 e. The molecule has 3 nitrogen and oxygen atoms in total. The molecule has 0 aromatic heterocycles. The molecule has 78 valence electrons. The Morgan fingerprint density at radius 3 is 2.60 bits per heavy atom. The van der Waals surface area contributed by atoms with Crippen LogP contribution >= 0.6 is 23.4 Å². The highest BCUT2D eigenvalue weighted by atomic mass is 35.5. The van der Waals surface area contributed by atoms with Crippen LogP contribution in [0.5, 0.6) is 0 Å². The van der Waals surface area contributed by atoms with E-state index in [4.69, 9.17) is 11.6 Å². The highest BCUT2D eigenvalue weighted by Crippen LogP contribution is 2.18. The number of nitrogens with zero attached hydrogens (tertiary/aromatic N) is 3. The number of halogens is 1. The summed E-state index contributed by atoms with van der Waals surface area (Å²) in [4.78, 5) is 10.5. The summed E-state index contributed by atoms with van der Waals surface area (Å²) in [5, 5.41) is 1.56. The van der Waals surface area contributed by atoms with Gasteiger partial charge in [0.25, 0.3) is 0 Å². The highest BCUT2D eigenvalue weighted by Gasteiger charge is 2.07. The second kappa shape index (κ2) is 4.68. The fraction of sp³-hybridized carbons (Fsp3) is 0.200. The Morgan fingerprint density at radius 2 is 2.07 bits per heavy atom. The Kier molecular flexibility index (Phi) is 3.28. The van der Waals surface area contributed by atoms with Crippen LogP contribution in [0.25, 0.3) is 0 Å². The number of thioether (sulfide) groups is 1. The largest absolute Gasteiger partial charge is 0.312 e. The lowest BCUT2D eigenvalue weighted by atomic mass is 10.3. The lowest BCUT2D eigenvalue weighted by Gasteiger charge is -2.20. The zero-order valence-corrected chi connectivity index (χ0v) is 9.79. The number of hydrogen-bond donors (Lipinski definition) is 0. The van der Waals surface area contributed by atoms with Crippen LogP contribution in [-0.4, -0.2) is 24.4 Å². The third-order valence-electron chi connectivity index (χ3n) is 2.01. The van der Waals surface area contributed by atoms with Crippen LogP contribution in [0.2, 0.25) is 5.02 Å². The van der Waals surface area contributed by atoms with Crippen molar-refractivity contribution in [3.63, 3.8) is 0 Å². The van der Waals surface area contributed by atoms with Gasteiger partial charge < -0.3 is 4.90 Å². The molecule has 1 aromatic rings. The Hall–Kier alpha value is -1.00. The van der Waals surface area contributed by atoms with Crippen molar-refractivity contribution in [1.82, 2.24) is 0 Å². The third-order valence-corrected chi connectivity index (χ3v) is 2.86. The van der Waals surface area contributed by atoms with E-state index in [0.717, 1.165) is 15.9 Å². The van der Waals surface area contributed by atoms with Crippen LogP contribution in [-0.2, 0) is 0 Å². The average Bonchev–Trinajstić information content (AvgIpc) is 2.30. The molecule has 1 heterocycles. The van der Waals surface area contributed by atoms with Crippen LogP contribution in [0.4, 0.5) is 5.69 Å². The van der Waals surface area contributed by atoms with Gasteiger partial charge in [0.2, 0.25) is 0 Å². The quantitative estimate of drug-likeness (QED) is 0.754. The SMILES string of the molecule is CSC1=NCN(c2ccc(Cl)cc2)C=N1. The minimum absolute atomic E-state index is 0.612. The molecule has 0 aliphatic carbocycles. The molecule has 0 spiro atoms. The molecule has 0 bridgehead atoms. The Balaban J connectivity index is 2.12. The number of aliphatic imine (C=N–C) groups is 2. The average molecular weight is 240 g/mol. The molecule has 5 heteroatoms. The molecule has 2 rings (SSSR count). The van der Waals surface area contributed by atoms with Crippen LogP contribution in [0.15, 0.2) is 34.3 Å². The Labute approximate surface area is 97.9 Å². The molecule has 1 aromatic carbocycles.